The number of nitrogens with zero attached hydrogens (tertiary/aromatic N) is 6. The summed E-state index contributed by atoms with van der Waals surface area (Å²) in [6, 6.07) is 5.10. The molecule has 0 spiro atoms. The summed E-state index contributed by atoms with van der Waals surface area (Å²) in [5.41, 5.74) is 1.37. The van der Waals surface area contributed by atoms with Gasteiger partial charge in [0.15, 0.2) is 11.6 Å². The molecule has 1 aliphatic heterocycles. The van der Waals surface area contributed by atoms with Gasteiger partial charge in [-0.05, 0) is 51.2 Å². The number of aromatic nitrogens is 6. The Labute approximate surface area is 223 Å². The molecular formula is C25H35N7O5S. The van der Waals surface area contributed by atoms with Gasteiger partial charge in [0.25, 0.3) is 0 Å². The second-order valence-electron chi connectivity index (χ2n) is 9.29. The zero-order valence-corrected chi connectivity index (χ0v) is 23.2. The molecule has 0 bridgehead atoms. The monoisotopic (exact) mass is 545 g/mol. The van der Waals surface area contributed by atoms with Crippen molar-refractivity contribution in [2.24, 2.45) is 0 Å². The topological polar surface area (TPSA) is 143 Å². The summed E-state index contributed by atoms with van der Waals surface area (Å²) in [4.78, 5) is 13.1. The highest BCUT2D eigenvalue weighted by Gasteiger charge is 2.36. The number of nitrogens with one attached hydrogen (secondary N) is 1. The zero-order valence-electron chi connectivity index (χ0n) is 22.4. The maximum absolute atomic E-state index is 13.6. The van der Waals surface area contributed by atoms with E-state index < -0.39 is 21.4 Å². The fourth-order valence-electron chi connectivity index (χ4n) is 4.62. The molecule has 0 amide bonds. The SMILES string of the molecule is CC[C@H]([C@@H]1CCCCO1)n1c(NS(=O)(=O)[C@@H](C)[C@H](OC)c2ncc(C)cn2)nnc1-c1cccc(OC)n1. The molecule has 0 unspecified atom stereocenters. The first-order chi connectivity index (χ1) is 18.3. The Morgan fingerprint density at radius 3 is 2.58 bits per heavy atom. The van der Waals surface area contributed by atoms with Gasteiger partial charge in [-0.15, -0.1) is 10.2 Å². The molecule has 1 N–H and O–H groups in total. The smallest absolute Gasteiger partial charge is 0.240 e. The predicted octanol–water partition coefficient (Wildman–Crippen LogP) is 3.49. The third-order valence-corrected chi connectivity index (χ3v) is 8.40. The van der Waals surface area contributed by atoms with Crippen LogP contribution in [-0.2, 0) is 19.5 Å². The normalized spacial score (nSPS) is 18.5. The Morgan fingerprint density at radius 1 is 1.18 bits per heavy atom. The van der Waals surface area contributed by atoms with E-state index in [1.54, 1.807) is 42.1 Å². The molecule has 12 nitrogen and oxygen atoms in total. The van der Waals surface area contributed by atoms with Crippen LogP contribution in [0.4, 0.5) is 5.95 Å². The van der Waals surface area contributed by atoms with Crippen molar-refractivity contribution in [2.45, 2.75) is 70.0 Å². The van der Waals surface area contributed by atoms with E-state index in [9.17, 15) is 8.42 Å². The third kappa shape index (κ3) is 5.94. The van der Waals surface area contributed by atoms with Crippen molar-refractivity contribution in [1.29, 1.82) is 0 Å². The number of hydrogen-bond donors (Lipinski definition) is 1. The minimum absolute atomic E-state index is 0.0807. The van der Waals surface area contributed by atoms with E-state index in [2.05, 4.69) is 29.9 Å². The van der Waals surface area contributed by atoms with Gasteiger partial charge in [-0.1, -0.05) is 13.0 Å². The number of methoxy groups -OCH3 is 2. The first-order valence-corrected chi connectivity index (χ1v) is 14.2. The molecule has 0 aromatic carbocycles. The molecule has 13 heteroatoms. The Hall–Kier alpha value is -3.16. The van der Waals surface area contributed by atoms with Gasteiger partial charge in [0.05, 0.1) is 19.3 Å². The molecule has 4 rings (SSSR count). The Balaban J connectivity index is 1.73. The van der Waals surface area contributed by atoms with Crippen LogP contribution >= 0.6 is 0 Å². The van der Waals surface area contributed by atoms with Gasteiger partial charge in [-0.25, -0.2) is 23.4 Å². The van der Waals surface area contributed by atoms with E-state index in [4.69, 9.17) is 14.2 Å². The molecule has 3 aromatic heterocycles. The summed E-state index contributed by atoms with van der Waals surface area (Å²) >= 11 is 0. The van der Waals surface area contributed by atoms with Crippen molar-refractivity contribution in [3.05, 3.63) is 42.0 Å². The van der Waals surface area contributed by atoms with Crippen LogP contribution < -0.4 is 9.46 Å². The van der Waals surface area contributed by atoms with Crippen LogP contribution in [0, 0.1) is 6.92 Å². The lowest BCUT2D eigenvalue weighted by atomic mass is 9.99. The highest BCUT2D eigenvalue weighted by atomic mass is 32.2. The lowest BCUT2D eigenvalue weighted by molar-refractivity contribution is -0.0169. The molecule has 0 radical (unpaired) electrons. The highest BCUT2D eigenvalue weighted by molar-refractivity contribution is 7.93. The average Bonchev–Trinajstić information content (AvgIpc) is 3.33. The highest BCUT2D eigenvalue weighted by Crippen LogP contribution is 2.34. The number of aryl methyl sites for hydroxylation is 1. The summed E-state index contributed by atoms with van der Waals surface area (Å²) in [6.45, 7) is 6.09. The van der Waals surface area contributed by atoms with Crippen LogP contribution in [-0.4, -0.2) is 70.3 Å². The number of rotatable bonds is 11. The van der Waals surface area contributed by atoms with Crippen molar-refractivity contribution in [1.82, 2.24) is 29.7 Å². The van der Waals surface area contributed by atoms with Crippen LogP contribution in [0.1, 0.15) is 63.1 Å². The third-order valence-electron chi connectivity index (χ3n) is 6.71. The van der Waals surface area contributed by atoms with Gasteiger partial charge in [-0.2, -0.15) is 0 Å². The van der Waals surface area contributed by atoms with Crippen molar-refractivity contribution in [3.8, 4) is 17.4 Å². The molecule has 0 saturated carbocycles. The fraction of sp³-hybridized carbons (Fsp3) is 0.560. The number of sulfonamides is 1. The van der Waals surface area contributed by atoms with Gasteiger partial charge < -0.3 is 14.2 Å². The quantitative estimate of drug-likeness (QED) is 0.380. The van der Waals surface area contributed by atoms with Gasteiger partial charge in [-0.3, -0.25) is 9.29 Å². The fourth-order valence-corrected chi connectivity index (χ4v) is 5.76. The van der Waals surface area contributed by atoms with E-state index in [-0.39, 0.29) is 23.9 Å². The van der Waals surface area contributed by atoms with E-state index in [1.807, 2.05) is 13.8 Å². The molecule has 3 aromatic rings. The Morgan fingerprint density at radius 2 is 1.95 bits per heavy atom. The molecule has 1 fully saturated rings. The minimum atomic E-state index is -4.02. The number of anilines is 1. The zero-order chi connectivity index (χ0) is 27.3. The van der Waals surface area contributed by atoms with E-state index >= 15 is 0 Å². The summed E-state index contributed by atoms with van der Waals surface area (Å²) in [6.07, 6.45) is 5.77. The number of ether oxygens (including phenoxy) is 3. The first-order valence-electron chi connectivity index (χ1n) is 12.7. The van der Waals surface area contributed by atoms with Crippen molar-refractivity contribution >= 4 is 16.0 Å². The van der Waals surface area contributed by atoms with Gasteiger partial charge >= 0.3 is 0 Å². The van der Waals surface area contributed by atoms with Gasteiger partial charge in [0.2, 0.25) is 21.9 Å². The van der Waals surface area contributed by atoms with Gasteiger partial charge in [0, 0.05) is 32.2 Å². The number of pyridine rings is 1. The van der Waals surface area contributed by atoms with Crippen LogP contribution in [0.15, 0.2) is 30.6 Å². The summed E-state index contributed by atoms with van der Waals surface area (Å²) in [5.74, 6) is 1.19. The molecule has 1 aliphatic rings. The van der Waals surface area contributed by atoms with E-state index in [0.29, 0.717) is 30.4 Å². The van der Waals surface area contributed by atoms with Crippen molar-refractivity contribution in [3.63, 3.8) is 0 Å². The lowest BCUT2D eigenvalue weighted by Crippen LogP contribution is -2.35. The van der Waals surface area contributed by atoms with Crippen LogP contribution in [0.2, 0.25) is 0 Å². The lowest BCUT2D eigenvalue weighted by Gasteiger charge is -2.32. The van der Waals surface area contributed by atoms with Crippen molar-refractivity contribution < 1.29 is 22.6 Å². The largest absolute Gasteiger partial charge is 0.481 e. The molecule has 206 valence electrons. The summed E-state index contributed by atoms with van der Waals surface area (Å²) in [7, 11) is -1.06. The standard InChI is InChI=1S/C25H35N7O5S/c1-6-19(20-11-7-8-13-37-20)32-24(18-10-9-12-21(28-18)35-4)29-30-25(32)31-38(33,34)17(3)22(36-5)23-26-14-16(2)15-27-23/h9-10,12,14-15,17,19-20,22H,6-8,11,13H2,1-5H3,(H,30,31)/t17-,19+,20-,22-/m0/s1. The summed E-state index contributed by atoms with van der Waals surface area (Å²) < 4.78 is 48.6. The Bertz CT molecular complexity index is 1310. The first kappa shape index (κ1) is 27.9. The van der Waals surface area contributed by atoms with Crippen LogP contribution in [0.25, 0.3) is 11.5 Å². The van der Waals surface area contributed by atoms with E-state index in [0.717, 1.165) is 24.8 Å². The van der Waals surface area contributed by atoms with E-state index in [1.165, 1.54) is 14.2 Å². The summed E-state index contributed by atoms with van der Waals surface area (Å²) in [5, 5.41) is 7.58. The van der Waals surface area contributed by atoms with Crippen molar-refractivity contribution in [2.75, 3.05) is 25.5 Å². The average molecular weight is 546 g/mol. The molecule has 0 aliphatic carbocycles. The second-order valence-corrected chi connectivity index (χ2v) is 11.3. The minimum Gasteiger partial charge on any atom is -0.481 e. The molecular weight excluding hydrogens is 510 g/mol. The molecule has 38 heavy (non-hydrogen) atoms. The Kier molecular flexibility index (Phi) is 8.90. The number of hydrogen-bond acceptors (Lipinski definition) is 10. The molecule has 4 heterocycles. The van der Waals surface area contributed by atoms with Crippen LogP contribution in [0.3, 0.4) is 0 Å². The molecule has 1 saturated heterocycles. The van der Waals surface area contributed by atoms with Gasteiger partial charge in [0.1, 0.15) is 17.0 Å². The maximum Gasteiger partial charge on any atom is 0.240 e. The van der Waals surface area contributed by atoms with Crippen LogP contribution in [0.5, 0.6) is 5.88 Å². The predicted molar refractivity (Wildman–Crippen MR) is 141 cm³/mol. The molecule has 4 atom stereocenters. The second kappa shape index (κ2) is 12.1. The maximum atomic E-state index is 13.6.